The zero-order valence-electron chi connectivity index (χ0n) is 18.2. The van der Waals surface area contributed by atoms with Gasteiger partial charge in [0.15, 0.2) is 16.9 Å². The van der Waals surface area contributed by atoms with Crippen LogP contribution in [0.5, 0.6) is 0 Å². The van der Waals surface area contributed by atoms with Crippen LogP contribution in [0.15, 0.2) is 101 Å². The summed E-state index contributed by atoms with van der Waals surface area (Å²) in [5.41, 5.74) is 0.0158. The predicted molar refractivity (Wildman–Crippen MR) is 126 cm³/mol. The van der Waals surface area contributed by atoms with Crippen molar-refractivity contribution in [2.45, 2.75) is 24.9 Å². The maximum Gasteiger partial charge on any atom is 0.353 e. The van der Waals surface area contributed by atoms with Crippen LogP contribution in [0, 0.1) is 0 Å². The van der Waals surface area contributed by atoms with Crippen LogP contribution in [0.4, 0.5) is 0 Å². The van der Waals surface area contributed by atoms with Crippen LogP contribution in [0.1, 0.15) is 25.0 Å². The third-order valence-electron chi connectivity index (χ3n) is 7.04. The number of fused-ring (bicyclic) bond motifs is 5. The van der Waals surface area contributed by atoms with Crippen molar-refractivity contribution in [2.75, 3.05) is 0 Å². The molecule has 2 bridgehead atoms. The summed E-state index contributed by atoms with van der Waals surface area (Å²) in [6.45, 7) is 3.51. The molecule has 0 N–H and O–H groups in total. The topological polar surface area (TPSA) is 66.0 Å². The molecule has 1 aliphatic heterocycles. The molecule has 0 amide bonds. The molecule has 162 valence electrons. The molecule has 2 atom stereocenters. The Morgan fingerprint density at radius 3 is 1.30 bits per heavy atom. The molecule has 2 aliphatic rings. The second-order valence-corrected chi connectivity index (χ2v) is 8.82. The lowest BCUT2D eigenvalue weighted by atomic mass is 9.85. The number of para-hydroxylation sites is 1. The van der Waals surface area contributed by atoms with E-state index in [1.165, 1.54) is 9.36 Å². The first kappa shape index (κ1) is 19.5. The number of hydrogen-bond acceptors (Lipinski definition) is 3. The van der Waals surface area contributed by atoms with E-state index in [2.05, 4.69) is 0 Å². The average Bonchev–Trinajstić information content (AvgIpc) is 3.30. The highest BCUT2D eigenvalue weighted by atomic mass is 16.2. The Morgan fingerprint density at radius 1 is 0.545 bits per heavy atom. The minimum atomic E-state index is -1.32. The molecule has 4 aromatic rings. The van der Waals surface area contributed by atoms with Gasteiger partial charge in [-0.1, -0.05) is 78.9 Å². The van der Waals surface area contributed by atoms with Crippen molar-refractivity contribution < 1.29 is 4.79 Å². The molecule has 1 aliphatic carbocycles. The molecule has 0 unspecified atom stereocenters. The van der Waals surface area contributed by atoms with Crippen LogP contribution >= 0.6 is 0 Å². The molecule has 6 nitrogen and oxygen atoms in total. The van der Waals surface area contributed by atoms with Gasteiger partial charge in [-0.05, 0) is 37.1 Å². The van der Waals surface area contributed by atoms with Gasteiger partial charge in [0.1, 0.15) is 0 Å². The van der Waals surface area contributed by atoms with Crippen molar-refractivity contribution in [1.82, 2.24) is 13.9 Å². The zero-order valence-corrected chi connectivity index (χ0v) is 18.2. The van der Waals surface area contributed by atoms with E-state index in [9.17, 15) is 14.4 Å². The average molecular weight is 435 g/mol. The van der Waals surface area contributed by atoms with Gasteiger partial charge in [-0.25, -0.2) is 23.5 Å². The zero-order chi connectivity index (χ0) is 23.0. The quantitative estimate of drug-likeness (QED) is 0.495. The van der Waals surface area contributed by atoms with Gasteiger partial charge >= 0.3 is 11.4 Å². The molecule has 33 heavy (non-hydrogen) atoms. The number of nitrogens with zero attached hydrogens (tertiary/aromatic N) is 3. The third-order valence-corrected chi connectivity index (χ3v) is 7.04. The summed E-state index contributed by atoms with van der Waals surface area (Å²) in [5, 5.41) is 0. The summed E-state index contributed by atoms with van der Waals surface area (Å²) in [7, 11) is 0. The van der Waals surface area contributed by atoms with Crippen LogP contribution in [-0.2, 0) is 15.9 Å². The first-order valence-corrected chi connectivity index (χ1v) is 10.9. The van der Waals surface area contributed by atoms with E-state index in [0.29, 0.717) is 5.69 Å². The Balaban J connectivity index is 1.76. The van der Waals surface area contributed by atoms with Crippen LogP contribution in [0.3, 0.4) is 0 Å². The fraction of sp³-hybridized carbons (Fsp3) is 0.148. The molecule has 1 aromatic heterocycles. The summed E-state index contributed by atoms with van der Waals surface area (Å²) >= 11 is 0. The summed E-state index contributed by atoms with van der Waals surface area (Å²) in [6, 6.07) is 28.1. The van der Waals surface area contributed by atoms with Crippen molar-refractivity contribution in [3.8, 4) is 5.69 Å². The molecular weight excluding hydrogens is 414 g/mol. The molecule has 3 aromatic carbocycles. The second kappa shape index (κ2) is 6.42. The Bertz CT molecular complexity index is 1480. The Morgan fingerprint density at radius 2 is 0.909 bits per heavy atom. The first-order chi connectivity index (χ1) is 15.9. The summed E-state index contributed by atoms with van der Waals surface area (Å²) in [6.07, 6.45) is 0. The van der Waals surface area contributed by atoms with E-state index in [-0.39, 0.29) is 5.78 Å². The highest BCUT2D eigenvalue weighted by molar-refractivity contribution is 6.24. The monoisotopic (exact) mass is 435 g/mol. The van der Waals surface area contributed by atoms with Crippen molar-refractivity contribution in [3.05, 3.63) is 123 Å². The van der Waals surface area contributed by atoms with Gasteiger partial charge in [0, 0.05) is 11.1 Å². The van der Waals surface area contributed by atoms with Crippen LogP contribution in [0.25, 0.3) is 16.8 Å². The molecule has 6 heteroatoms. The normalized spacial score (nSPS) is 23.3. The lowest BCUT2D eigenvalue weighted by Crippen LogP contribution is -2.42. The number of allylic oxidation sites excluding steroid dienone is 2. The predicted octanol–water partition coefficient (Wildman–Crippen LogP) is 3.44. The Labute approximate surface area is 189 Å². The first-order valence-electron chi connectivity index (χ1n) is 10.9. The fourth-order valence-corrected chi connectivity index (χ4v) is 5.68. The number of carbonyl (C=O) groups excluding carboxylic acids is 1. The molecule has 0 spiro atoms. The molecule has 0 fully saturated rings. The van der Waals surface area contributed by atoms with E-state index >= 15 is 0 Å². The molecule has 6 rings (SSSR count). The van der Waals surface area contributed by atoms with Crippen molar-refractivity contribution in [3.63, 3.8) is 0 Å². The van der Waals surface area contributed by atoms with Crippen LogP contribution in [0.2, 0.25) is 0 Å². The van der Waals surface area contributed by atoms with Gasteiger partial charge in [-0.15, -0.1) is 0 Å². The molecule has 0 saturated carbocycles. The van der Waals surface area contributed by atoms with E-state index in [0.717, 1.165) is 26.8 Å². The standard InChI is InChI=1S/C27H21N3O3/c1-26-21(18-12-6-3-7-13-18)22(19-14-8-4-9-15-19)27(2,23(26)31)30-25(33)28(24(32)29(26)30)20-16-10-5-11-17-20/h3-17H,1-2H3/t26-,27+. The van der Waals surface area contributed by atoms with Gasteiger partial charge < -0.3 is 0 Å². The van der Waals surface area contributed by atoms with Crippen molar-refractivity contribution in [2.24, 2.45) is 0 Å². The highest BCUT2D eigenvalue weighted by Crippen LogP contribution is 2.58. The van der Waals surface area contributed by atoms with Gasteiger partial charge in [-0.3, -0.25) is 4.79 Å². The third kappa shape index (κ3) is 2.20. The maximum atomic E-state index is 14.1. The minimum Gasteiger partial charge on any atom is -0.293 e. The summed E-state index contributed by atoms with van der Waals surface area (Å²) in [4.78, 5) is 41.5. The number of aromatic nitrogens is 3. The Hall–Kier alpha value is -4.19. The van der Waals surface area contributed by atoms with Gasteiger partial charge in [-0.2, -0.15) is 0 Å². The van der Waals surface area contributed by atoms with Crippen LogP contribution < -0.4 is 11.4 Å². The number of hydrogen-bond donors (Lipinski definition) is 0. The smallest absolute Gasteiger partial charge is 0.293 e. The number of ketones is 1. The van der Waals surface area contributed by atoms with Gasteiger partial charge in [0.25, 0.3) is 0 Å². The van der Waals surface area contributed by atoms with Gasteiger partial charge in [0.2, 0.25) is 0 Å². The number of carbonyl (C=O) groups is 1. The Kier molecular flexibility index (Phi) is 3.79. The summed E-state index contributed by atoms with van der Waals surface area (Å²) < 4.78 is 3.87. The number of rotatable bonds is 3. The van der Waals surface area contributed by atoms with Crippen molar-refractivity contribution in [1.29, 1.82) is 0 Å². The number of Topliss-reactive ketones (excluding diaryl/α,β-unsaturated/α-hetero) is 1. The summed E-state index contributed by atoms with van der Waals surface area (Å²) in [5.74, 6) is -0.179. The fourth-order valence-electron chi connectivity index (χ4n) is 5.68. The van der Waals surface area contributed by atoms with Crippen LogP contribution in [-0.4, -0.2) is 19.7 Å². The minimum absolute atomic E-state index is 0.179. The van der Waals surface area contributed by atoms with E-state index in [1.807, 2.05) is 66.7 Å². The molecule has 0 radical (unpaired) electrons. The molecule has 2 heterocycles. The van der Waals surface area contributed by atoms with Gasteiger partial charge in [0.05, 0.1) is 5.69 Å². The lowest BCUT2D eigenvalue weighted by Gasteiger charge is -2.31. The molecular formula is C27H21N3O3. The second-order valence-electron chi connectivity index (χ2n) is 8.82. The number of benzene rings is 3. The maximum absolute atomic E-state index is 14.1. The lowest BCUT2D eigenvalue weighted by molar-refractivity contribution is -0.125. The van der Waals surface area contributed by atoms with E-state index in [4.69, 9.17) is 0 Å². The molecule has 0 saturated heterocycles. The SMILES string of the molecule is C[C@]12C(=O)[C@](C)(C(c3ccccc3)=C1c1ccccc1)n1c(=O)n(-c3ccccc3)c(=O)n12. The van der Waals surface area contributed by atoms with E-state index < -0.39 is 22.5 Å². The highest BCUT2D eigenvalue weighted by Gasteiger charge is 2.68. The van der Waals surface area contributed by atoms with E-state index in [1.54, 1.807) is 38.1 Å². The van der Waals surface area contributed by atoms with Crippen molar-refractivity contribution >= 4 is 16.9 Å². The largest absolute Gasteiger partial charge is 0.353 e.